The average Bonchev–Trinajstić information content (AvgIpc) is 2.37. The highest BCUT2D eigenvalue weighted by Gasteiger charge is 2.08. The highest BCUT2D eigenvalue weighted by molar-refractivity contribution is 5.24. The molecule has 0 radical (unpaired) electrons. The first-order valence-corrected chi connectivity index (χ1v) is 5.88. The van der Waals surface area contributed by atoms with Gasteiger partial charge < -0.3 is 10.1 Å². The van der Waals surface area contributed by atoms with Crippen molar-refractivity contribution in [3.63, 3.8) is 0 Å². The van der Waals surface area contributed by atoms with Crippen LogP contribution in [-0.2, 0) is 0 Å². The number of rotatable bonds is 7. The molecule has 0 aliphatic carbocycles. The van der Waals surface area contributed by atoms with E-state index in [4.69, 9.17) is 10.00 Å². The molecule has 1 unspecified atom stereocenters. The van der Waals surface area contributed by atoms with E-state index in [1.165, 1.54) is 0 Å². The fraction of sp³-hybridized carbons (Fsp3) is 0.462. The van der Waals surface area contributed by atoms with Crippen LogP contribution in [0.5, 0.6) is 5.75 Å². The van der Waals surface area contributed by atoms with Crippen LogP contribution >= 0.6 is 0 Å². The topological polar surface area (TPSA) is 45.0 Å². The lowest BCUT2D eigenvalue weighted by Crippen LogP contribution is -2.29. The summed E-state index contributed by atoms with van der Waals surface area (Å²) >= 11 is 0. The predicted octanol–water partition coefficient (Wildman–Crippen LogP) is 2.63. The lowest BCUT2D eigenvalue weighted by atomic mass is 10.2. The number of nitriles is 1. The molecule has 5 heteroatoms. The summed E-state index contributed by atoms with van der Waals surface area (Å²) in [5, 5.41) is 11.9. The van der Waals surface area contributed by atoms with Crippen LogP contribution in [0.25, 0.3) is 0 Å². The molecule has 0 fully saturated rings. The van der Waals surface area contributed by atoms with Gasteiger partial charge in [0.1, 0.15) is 5.82 Å². The van der Waals surface area contributed by atoms with Crippen molar-refractivity contribution in [3.05, 3.63) is 29.8 Å². The smallest absolute Gasteiger partial charge is 0.165 e. The zero-order chi connectivity index (χ0) is 13.4. The van der Waals surface area contributed by atoms with Gasteiger partial charge >= 0.3 is 0 Å². The molecule has 0 amide bonds. The van der Waals surface area contributed by atoms with E-state index in [1.807, 2.05) is 6.92 Å². The maximum atomic E-state index is 13.2. The number of benzene rings is 1. The molecule has 0 saturated carbocycles. The van der Waals surface area contributed by atoms with Gasteiger partial charge in [0, 0.05) is 12.5 Å². The Hall–Kier alpha value is -1.67. The zero-order valence-corrected chi connectivity index (χ0v) is 10.2. The van der Waals surface area contributed by atoms with Crippen LogP contribution < -0.4 is 10.1 Å². The quantitative estimate of drug-likeness (QED) is 0.813. The first kappa shape index (κ1) is 14.4. The summed E-state index contributed by atoms with van der Waals surface area (Å²) in [5.41, 5.74) is 0. The second kappa shape index (κ2) is 7.62. The average molecular weight is 254 g/mol. The number of halogens is 2. The summed E-state index contributed by atoms with van der Waals surface area (Å²) in [7, 11) is 0. The molecule has 1 aromatic carbocycles. The molecule has 0 aromatic heterocycles. The van der Waals surface area contributed by atoms with E-state index in [1.54, 1.807) is 0 Å². The summed E-state index contributed by atoms with van der Waals surface area (Å²) in [6, 6.07) is 4.80. The minimum Gasteiger partial charge on any atom is -0.490 e. The zero-order valence-electron chi connectivity index (χ0n) is 10.2. The van der Waals surface area contributed by atoms with Crippen molar-refractivity contribution in [1.82, 2.24) is 5.32 Å². The molecule has 0 heterocycles. The maximum Gasteiger partial charge on any atom is 0.165 e. The first-order chi connectivity index (χ1) is 8.67. The summed E-state index contributed by atoms with van der Waals surface area (Å²) in [5.74, 6) is -1.28. The fourth-order valence-electron chi connectivity index (χ4n) is 1.41. The Balaban J connectivity index is 2.41. The van der Waals surface area contributed by atoms with Crippen LogP contribution in [0.1, 0.15) is 19.8 Å². The SMILES string of the molecule is CCCNC(C#N)CCOc1cc(F)ccc1F. The molecule has 3 nitrogen and oxygen atoms in total. The van der Waals surface area contributed by atoms with Gasteiger partial charge in [-0.2, -0.15) is 5.26 Å². The fourth-order valence-corrected chi connectivity index (χ4v) is 1.41. The van der Waals surface area contributed by atoms with Crippen molar-refractivity contribution in [2.24, 2.45) is 0 Å². The maximum absolute atomic E-state index is 13.2. The van der Waals surface area contributed by atoms with Gasteiger partial charge in [-0.05, 0) is 25.1 Å². The van der Waals surface area contributed by atoms with Gasteiger partial charge in [0.2, 0.25) is 0 Å². The van der Waals surface area contributed by atoms with Crippen LogP contribution in [0, 0.1) is 23.0 Å². The third-order valence-corrected chi connectivity index (χ3v) is 2.35. The van der Waals surface area contributed by atoms with Gasteiger partial charge in [0.15, 0.2) is 11.6 Å². The monoisotopic (exact) mass is 254 g/mol. The third kappa shape index (κ3) is 4.68. The van der Waals surface area contributed by atoms with Crippen molar-refractivity contribution in [2.45, 2.75) is 25.8 Å². The Labute approximate surface area is 105 Å². The second-order valence-electron chi connectivity index (χ2n) is 3.85. The summed E-state index contributed by atoms with van der Waals surface area (Å²) in [6.45, 7) is 2.90. The number of hydrogen-bond acceptors (Lipinski definition) is 3. The van der Waals surface area contributed by atoms with E-state index in [0.29, 0.717) is 6.42 Å². The van der Waals surface area contributed by atoms with Crippen molar-refractivity contribution in [3.8, 4) is 11.8 Å². The summed E-state index contributed by atoms with van der Waals surface area (Å²) < 4.78 is 31.2. The molecule has 1 N–H and O–H groups in total. The van der Waals surface area contributed by atoms with Gasteiger partial charge in [-0.1, -0.05) is 6.92 Å². The molecular weight excluding hydrogens is 238 g/mol. The Bertz CT molecular complexity index is 418. The normalized spacial score (nSPS) is 11.9. The van der Waals surface area contributed by atoms with Gasteiger partial charge in [-0.3, -0.25) is 0 Å². The first-order valence-electron chi connectivity index (χ1n) is 5.88. The second-order valence-corrected chi connectivity index (χ2v) is 3.85. The number of nitrogens with one attached hydrogen (secondary N) is 1. The minimum absolute atomic E-state index is 0.123. The Morgan fingerprint density at radius 2 is 2.22 bits per heavy atom. The Morgan fingerprint density at radius 3 is 2.89 bits per heavy atom. The lowest BCUT2D eigenvalue weighted by molar-refractivity contribution is 0.283. The highest BCUT2D eigenvalue weighted by atomic mass is 19.1. The van der Waals surface area contributed by atoms with Crippen molar-refractivity contribution in [2.75, 3.05) is 13.2 Å². The van der Waals surface area contributed by atoms with Crippen molar-refractivity contribution < 1.29 is 13.5 Å². The highest BCUT2D eigenvalue weighted by Crippen LogP contribution is 2.18. The van der Waals surface area contributed by atoms with Gasteiger partial charge in [-0.25, -0.2) is 8.78 Å². The molecule has 0 spiro atoms. The number of ether oxygens (including phenoxy) is 1. The van der Waals surface area contributed by atoms with Gasteiger partial charge in [-0.15, -0.1) is 0 Å². The lowest BCUT2D eigenvalue weighted by Gasteiger charge is -2.12. The van der Waals surface area contributed by atoms with E-state index in [2.05, 4.69) is 11.4 Å². The number of hydrogen-bond donors (Lipinski definition) is 1. The molecule has 1 aromatic rings. The molecule has 18 heavy (non-hydrogen) atoms. The molecule has 1 atom stereocenters. The molecule has 98 valence electrons. The van der Waals surface area contributed by atoms with Gasteiger partial charge in [0.05, 0.1) is 18.7 Å². The molecular formula is C13H16F2N2O. The molecule has 0 bridgehead atoms. The van der Waals surface area contributed by atoms with Gasteiger partial charge in [0.25, 0.3) is 0 Å². The van der Waals surface area contributed by atoms with Crippen LogP contribution in [0.2, 0.25) is 0 Å². The van der Waals surface area contributed by atoms with E-state index < -0.39 is 11.6 Å². The third-order valence-electron chi connectivity index (χ3n) is 2.35. The van der Waals surface area contributed by atoms with E-state index in [-0.39, 0.29) is 18.4 Å². The molecule has 0 saturated heterocycles. The standard InChI is InChI=1S/C13H16F2N2O/c1-2-6-17-11(9-16)5-7-18-13-8-10(14)3-4-12(13)15/h3-4,8,11,17H,2,5-7H2,1H3. The van der Waals surface area contributed by atoms with Crippen LogP contribution in [0.4, 0.5) is 8.78 Å². The van der Waals surface area contributed by atoms with Crippen molar-refractivity contribution >= 4 is 0 Å². The van der Waals surface area contributed by atoms with E-state index in [0.717, 1.165) is 31.2 Å². The minimum atomic E-state index is -0.605. The molecule has 0 aliphatic heterocycles. The summed E-state index contributed by atoms with van der Waals surface area (Å²) in [4.78, 5) is 0. The van der Waals surface area contributed by atoms with Crippen LogP contribution in [-0.4, -0.2) is 19.2 Å². The largest absolute Gasteiger partial charge is 0.490 e. The Morgan fingerprint density at radius 1 is 1.44 bits per heavy atom. The molecule has 0 aliphatic rings. The van der Waals surface area contributed by atoms with Crippen molar-refractivity contribution in [1.29, 1.82) is 5.26 Å². The van der Waals surface area contributed by atoms with E-state index in [9.17, 15) is 8.78 Å². The Kier molecular flexibility index (Phi) is 6.09. The predicted molar refractivity (Wildman–Crippen MR) is 64.2 cm³/mol. The van der Waals surface area contributed by atoms with Crippen LogP contribution in [0.15, 0.2) is 18.2 Å². The van der Waals surface area contributed by atoms with Crippen LogP contribution in [0.3, 0.4) is 0 Å². The number of nitrogens with zero attached hydrogens (tertiary/aromatic N) is 1. The molecule has 1 rings (SSSR count). The van der Waals surface area contributed by atoms with E-state index >= 15 is 0 Å². The summed E-state index contributed by atoms with van der Waals surface area (Å²) in [6.07, 6.45) is 1.35.